The number of nitrogen functional groups attached to an aromatic ring is 6. The number of aryl methyl sites for hydroxylation is 2. The Hall–Kier alpha value is -7.89. The predicted octanol–water partition coefficient (Wildman–Crippen LogP) is -2.28. The summed E-state index contributed by atoms with van der Waals surface area (Å²) in [5.74, 6) is -0.771. The lowest BCUT2D eigenvalue weighted by Gasteiger charge is -2.36. The minimum atomic E-state index is -5.02. The molecule has 0 amide bonds. The highest BCUT2D eigenvalue weighted by Gasteiger charge is 2.50. The summed E-state index contributed by atoms with van der Waals surface area (Å²) in [5.41, 5.74) is 33.6. The lowest BCUT2D eigenvalue weighted by Crippen LogP contribution is -2.34. The SMILES string of the molecule is CC[C@H]1O[C@@H](n2cc(C)c(=O)[nH]c2=O)CC1OP([O-])(=S)OC[C@H]1O[C@@H](n2cnc3c(N)ncnc32)CC1OP(=O)([S-])OC[C@H]1O[C@@H](n2cc(C)c(N)nc2=O)CC1OP([O-])(=S)OC[C@H]1O[C@@H](n2cnc3c(N)ncnc32)CC1OP([O-])(=S)OC[C@H]1O[C@@H](n2cnc3c(=O)[nH]c(N)nc32)CC1OP([O-])(=S)OC[C@H]1O[C@@H](n2cnc3c(=O)[nH]c(N)nc32)CC1OP([O-])(=S)OC[C@H]1O[C@@H](n2cnc3c(N)ncnc32)CC1OP([O-])(=S)OC. The fourth-order valence-corrected chi connectivity index (χ4v) is 27.4. The van der Waals surface area contributed by atoms with Crippen LogP contribution in [0.15, 0.2) is 87.0 Å². The molecule has 149 heavy (non-hydrogen) atoms. The average Bonchev–Trinajstić information content (AvgIpc) is 1.62. The van der Waals surface area contributed by atoms with Gasteiger partial charge in [0.15, 0.2) is 63.5 Å². The molecule has 7 fully saturated rings. The summed E-state index contributed by atoms with van der Waals surface area (Å²) in [6.45, 7) is -33.5. The number of hydrogen-bond acceptors (Lipinski definition) is 60. The molecule has 63 nitrogen and oxygen atoms in total. The highest BCUT2D eigenvalue weighted by Crippen LogP contribution is 2.57. The zero-order valence-corrected chi connectivity index (χ0v) is 89.1. The minimum Gasteiger partial charge on any atom is -0.780 e. The van der Waals surface area contributed by atoms with Gasteiger partial charge < -0.3 is 173 Å². The normalized spacial score (nSPS) is 29.2. The summed E-state index contributed by atoms with van der Waals surface area (Å²) in [7, 11) is 1.07. The van der Waals surface area contributed by atoms with E-state index in [-0.39, 0.29) is 141 Å². The van der Waals surface area contributed by atoms with Gasteiger partial charge in [0.25, 0.3) is 16.7 Å². The number of anilines is 6. The highest BCUT2D eigenvalue weighted by molar-refractivity contribution is 8.32. The van der Waals surface area contributed by atoms with Crippen LogP contribution < -0.4 is 91.8 Å². The third kappa shape index (κ3) is 24.4. The number of nitrogens with zero attached hydrogens (tertiary/aromatic N) is 21. The summed E-state index contributed by atoms with van der Waals surface area (Å²) >= 11 is 38.4. The van der Waals surface area contributed by atoms with Crippen molar-refractivity contribution in [2.75, 3.05) is 81.2 Å². The van der Waals surface area contributed by atoms with Crippen LogP contribution in [0.2, 0.25) is 0 Å². The van der Waals surface area contributed by atoms with Gasteiger partial charge in [-0.25, -0.2) is 64.4 Å². The van der Waals surface area contributed by atoms with Crippen LogP contribution in [-0.4, -0.2) is 249 Å². The van der Waals surface area contributed by atoms with Gasteiger partial charge in [-0.3, -0.25) is 65.9 Å². The van der Waals surface area contributed by atoms with E-state index in [1.165, 1.54) is 86.4 Å². The second kappa shape index (κ2) is 43.7. The number of aromatic nitrogens is 24. The van der Waals surface area contributed by atoms with Crippen LogP contribution >= 0.6 is 47.1 Å². The number of nitrogens with one attached hydrogen (secondary N) is 3. The van der Waals surface area contributed by atoms with Gasteiger partial charge >= 0.3 is 11.4 Å². The Balaban J connectivity index is 0.545. The van der Waals surface area contributed by atoms with Crippen LogP contribution in [0.1, 0.15) is 113 Å². The van der Waals surface area contributed by atoms with Crippen LogP contribution in [-0.2, 0) is 184 Å². The lowest BCUT2D eigenvalue weighted by atomic mass is 10.1. The Morgan fingerprint density at radius 1 is 0.356 bits per heavy atom. The van der Waals surface area contributed by atoms with Crippen molar-refractivity contribution in [2.24, 2.45) is 0 Å². The molecule has 7 aliphatic rings. The molecule has 15 N–H and O–H groups in total. The van der Waals surface area contributed by atoms with E-state index in [9.17, 15) is 43.2 Å². The number of nitrogens with two attached hydrogens (primary N) is 6. The van der Waals surface area contributed by atoms with E-state index in [1.807, 2.05) is 0 Å². The Kier molecular flexibility index (Phi) is 32.1. The Labute approximate surface area is 871 Å². The summed E-state index contributed by atoms with van der Waals surface area (Å²) in [4.78, 5) is 218. The number of H-pyrrole nitrogens is 3. The van der Waals surface area contributed by atoms with E-state index < -0.39 is 250 Å². The molecule has 7 saturated heterocycles. The molecule has 0 spiro atoms. The predicted molar refractivity (Wildman–Crippen MR) is 526 cm³/mol. The van der Waals surface area contributed by atoms with Crippen molar-refractivity contribution in [1.82, 2.24) is 117 Å². The second-order valence-electron chi connectivity index (χ2n) is 34.3. The number of ether oxygens (including phenoxy) is 7. The molecule has 0 aromatic carbocycles. The minimum absolute atomic E-state index is 0.0111. The summed E-state index contributed by atoms with van der Waals surface area (Å²) in [6, 6.07) is 0. The number of fused-ring (bicyclic) bond motifs is 5. The first kappa shape index (κ1) is 109. The smallest absolute Gasteiger partial charge is 0.351 e. The maximum atomic E-state index is 15.2. The Morgan fingerprint density at radius 2 is 0.638 bits per heavy atom. The number of rotatable bonds is 41. The molecule has 19 rings (SSSR count). The van der Waals surface area contributed by atoms with Gasteiger partial charge in [0.05, 0.1) is 120 Å². The van der Waals surface area contributed by atoms with Crippen LogP contribution in [0.5, 0.6) is 0 Å². The van der Waals surface area contributed by atoms with Gasteiger partial charge in [-0.05, 0) is 20.3 Å². The number of imidazole rings is 5. The van der Waals surface area contributed by atoms with Crippen molar-refractivity contribution in [3.05, 3.63) is 126 Å². The second-order valence-corrected chi connectivity index (χ2v) is 53.4. The molecular formula is C72H86N30O33P7S7-7. The van der Waals surface area contributed by atoms with Gasteiger partial charge in [0, 0.05) is 75.6 Å². The maximum Gasteiger partial charge on any atom is 0.351 e. The molecule has 28 atom stereocenters. The first-order chi connectivity index (χ1) is 70.6. The maximum absolute atomic E-state index is 15.2. The molecule has 0 bridgehead atoms. The fourth-order valence-electron chi connectivity index (χ4n) is 17.6. The van der Waals surface area contributed by atoms with E-state index >= 15 is 14.7 Å². The number of aromatic amines is 3. The van der Waals surface area contributed by atoms with E-state index in [2.05, 4.69) is 84.7 Å². The van der Waals surface area contributed by atoms with E-state index in [0.29, 0.717) is 5.56 Å². The summed E-state index contributed by atoms with van der Waals surface area (Å²) < 4.78 is 151. The standard InChI is InChI=1S/C72H93N30O33P7S7/c1-5-31-32(6-45(122-31)97-14-30(3)66(103)95-72(97)107)130-137(109,144)116-17-41-35(9-48(125-41)99-25-86-53-59(75)80-22-83-62(53)99)132-140(112,147)118-16-40-34(7-46(123-40)96-13-29(2)57(73)90-71(96)106)131-138(110,145)119-18-42-36(10-49(126-42)100-26-87-54-60(76)81-23-84-63(54)100)133-141(113,148)120-19-43-38(12-51(127-43)102-28-89-56-65(102)92-70(78)94-68(56)105)135-142(114,149)121-20-44-37(11-50(128-44)101-27-88-55-64(101)91-69(77)93-67(55)104)134-139(111,146)117-15-39-33(129-136(108,143)115-4)8-47(124-39)98-24-85-52-58(74)79-21-82-61(52)98/h13-14,21-28,31-51H,5-12,15-20H2,1-4H3,(H,108,143)(H,109,144)(H,110,145)(H,111,146)(H,112,147)(H,113,148)(H,114,149)(H2,73,90,106)(H2,74,79,82)(H2,75,80,83)(H2,76,81,84)(H,95,103,107)(H3,77,91,93,104)(H3,78,92,94,105)/p-7/t31-,32?,33?,34?,35?,36?,37?,38?,39-,40-,41-,42-,43-,44-,45-,46-,47-,48-,49-,50-,51-,136?,137?,138?,139?,140?,141?,142?/m1/s1. The van der Waals surface area contributed by atoms with Crippen molar-refractivity contribution in [3.8, 4) is 0 Å². The average molecular weight is 2340 g/mol. The van der Waals surface area contributed by atoms with E-state index in [4.69, 9.17) is 214 Å². The first-order valence-corrected chi connectivity index (χ1v) is 62.4. The third-order valence-corrected chi connectivity index (χ3v) is 35.8. The highest BCUT2D eigenvalue weighted by atomic mass is 32.7. The fraction of sp³-hybridized carbons (Fsp3) is 0.542. The zero-order valence-electron chi connectivity index (χ0n) is 77.1. The van der Waals surface area contributed by atoms with Crippen molar-refractivity contribution < 1.29 is 130 Å². The molecule has 806 valence electrons. The van der Waals surface area contributed by atoms with Gasteiger partial charge in [0.2, 0.25) is 11.9 Å². The van der Waals surface area contributed by atoms with Crippen molar-refractivity contribution in [1.29, 1.82) is 0 Å². The van der Waals surface area contributed by atoms with Crippen LogP contribution in [0, 0.1) is 13.8 Å². The topological polar surface area (TPSA) is 853 Å². The molecule has 0 aliphatic carbocycles. The van der Waals surface area contributed by atoms with E-state index in [0.717, 1.165) is 22.6 Å². The number of hydrogen-bond donors (Lipinski definition) is 9. The van der Waals surface area contributed by atoms with Crippen molar-refractivity contribution in [3.63, 3.8) is 0 Å². The molecule has 14 unspecified atom stereocenters. The summed E-state index contributed by atoms with van der Waals surface area (Å²) in [6.07, 6.45) is -16.5. The van der Waals surface area contributed by atoms with Gasteiger partial charge in [-0.2, -0.15) is 15.0 Å². The lowest BCUT2D eigenvalue weighted by molar-refractivity contribution is -0.221. The van der Waals surface area contributed by atoms with E-state index in [1.54, 1.807) is 13.8 Å². The monoisotopic (exact) mass is 2340 g/mol. The summed E-state index contributed by atoms with van der Waals surface area (Å²) in [5, 5.41) is 0. The largest absolute Gasteiger partial charge is 0.780 e. The van der Waals surface area contributed by atoms with Crippen LogP contribution in [0.4, 0.5) is 35.2 Å². The van der Waals surface area contributed by atoms with Crippen LogP contribution in [0.25, 0.3) is 55.8 Å². The van der Waals surface area contributed by atoms with Crippen molar-refractivity contribution in [2.45, 2.75) is 201 Å². The molecule has 19 heterocycles. The molecular weight excluding hydrogens is 2250 g/mol. The Bertz CT molecular complexity index is 7810. The van der Waals surface area contributed by atoms with Crippen LogP contribution in [0.3, 0.4) is 0 Å². The molecule has 77 heteroatoms. The molecule has 12 aromatic heterocycles. The quantitative estimate of drug-likeness (QED) is 0.0144. The first-order valence-electron chi connectivity index (χ1n) is 44.5. The van der Waals surface area contributed by atoms with Gasteiger partial charge in [0.1, 0.15) is 162 Å². The van der Waals surface area contributed by atoms with Crippen molar-refractivity contribution >= 4 is 221 Å². The zero-order chi connectivity index (χ0) is 106. The molecule has 7 aliphatic heterocycles. The molecule has 12 aromatic rings. The third-order valence-electron chi connectivity index (χ3n) is 24.7. The Morgan fingerprint density at radius 3 is 0.973 bits per heavy atom. The van der Waals surface area contributed by atoms with Gasteiger partial charge in [-0.1, -0.05) is 77.8 Å². The van der Waals surface area contributed by atoms with Gasteiger partial charge in [-0.15, -0.1) is 0 Å². The molecule has 0 radical (unpaired) electrons. The molecule has 0 saturated carbocycles.